The Kier molecular flexibility index (Phi) is 5.08. The van der Waals surface area contributed by atoms with E-state index >= 15 is 0 Å². The quantitative estimate of drug-likeness (QED) is 0.747. The number of rotatable bonds is 5. The van der Waals surface area contributed by atoms with Crippen molar-refractivity contribution in [3.63, 3.8) is 0 Å². The molecule has 17 heavy (non-hydrogen) atoms. The maximum absolute atomic E-state index is 6.05. The SMILES string of the molecule is CCCNC(C1=CCCCC1)c1ccc(Cl)s1. The van der Waals surface area contributed by atoms with Gasteiger partial charge in [0, 0.05) is 4.88 Å². The van der Waals surface area contributed by atoms with Crippen molar-refractivity contribution in [2.75, 3.05) is 6.54 Å². The summed E-state index contributed by atoms with van der Waals surface area (Å²) in [4.78, 5) is 1.36. The van der Waals surface area contributed by atoms with Crippen LogP contribution in [0.3, 0.4) is 0 Å². The van der Waals surface area contributed by atoms with E-state index in [1.165, 1.54) is 37.0 Å². The molecule has 1 unspecified atom stereocenters. The third-order valence-corrected chi connectivity index (χ3v) is 4.47. The summed E-state index contributed by atoms with van der Waals surface area (Å²) >= 11 is 7.75. The molecule has 0 amide bonds. The Hall–Kier alpha value is -0.310. The molecule has 2 rings (SSSR count). The average molecular weight is 270 g/mol. The first-order chi connectivity index (χ1) is 8.31. The lowest BCUT2D eigenvalue weighted by molar-refractivity contribution is 0.552. The molecule has 1 aromatic rings. The predicted octanol–water partition coefficient (Wildman–Crippen LogP) is 4.94. The normalized spacial score (nSPS) is 17.9. The van der Waals surface area contributed by atoms with Gasteiger partial charge in [-0.05, 0) is 50.8 Å². The highest BCUT2D eigenvalue weighted by molar-refractivity contribution is 7.16. The first-order valence-corrected chi connectivity index (χ1v) is 7.68. The fraction of sp³-hybridized carbons (Fsp3) is 0.571. The van der Waals surface area contributed by atoms with E-state index in [0.29, 0.717) is 6.04 Å². The Morgan fingerprint density at radius 2 is 2.29 bits per heavy atom. The minimum Gasteiger partial charge on any atom is -0.306 e. The van der Waals surface area contributed by atoms with Crippen molar-refractivity contribution in [1.82, 2.24) is 5.32 Å². The molecule has 1 atom stereocenters. The molecule has 0 aromatic carbocycles. The van der Waals surface area contributed by atoms with Crippen LogP contribution in [-0.2, 0) is 0 Å². The number of thiophene rings is 1. The predicted molar refractivity (Wildman–Crippen MR) is 76.9 cm³/mol. The van der Waals surface area contributed by atoms with Crippen LogP contribution < -0.4 is 5.32 Å². The lowest BCUT2D eigenvalue weighted by Crippen LogP contribution is -2.23. The first kappa shape index (κ1) is 13.1. The molecule has 0 bridgehead atoms. The standard InChI is InChI=1S/C14H20ClNS/c1-2-10-16-14(11-6-4-3-5-7-11)12-8-9-13(15)17-12/h6,8-9,14,16H,2-5,7,10H2,1H3. The molecule has 0 spiro atoms. The van der Waals surface area contributed by atoms with Crippen LogP contribution in [0.4, 0.5) is 0 Å². The van der Waals surface area contributed by atoms with E-state index in [0.717, 1.165) is 10.9 Å². The minimum absolute atomic E-state index is 0.396. The van der Waals surface area contributed by atoms with E-state index in [1.807, 2.05) is 6.07 Å². The van der Waals surface area contributed by atoms with Crippen molar-refractivity contribution >= 4 is 22.9 Å². The molecule has 1 aliphatic rings. The summed E-state index contributed by atoms with van der Waals surface area (Å²) in [5.41, 5.74) is 1.56. The van der Waals surface area contributed by atoms with Crippen LogP contribution in [-0.4, -0.2) is 6.54 Å². The van der Waals surface area contributed by atoms with Crippen molar-refractivity contribution in [1.29, 1.82) is 0 Å². The Balaban J connectivity index is 2.15. The zero-order valence-corrected chi connectivity index (χ0v) is 11.9. The Labute approximate surface area is 113 Å². The van der Waals surface area contributed by atoms with Gasteiger partial charge in [-0.25, -0.2) is 0 Å². The van der Waals surface area contributed by atoms with Crippen LogP contribution in [0.1, 0.15) is 49.9 Å². The van der Waals surface area contributed by atoms with E-state index in [9.17, 15) is 0 Å². The number of hydrogen-bond acceptors (Lipinski definition) is 2. The van der Waals surface area contributed by atoms with Crippen molar-refractivity contribution in [2.45, 2.75) is 45.1 Å². The highest BCUT2D eigenvalue weighted by atomic mass is 35.5. The molecular weight excluding hydrogens is 250 g/mol. The molecule has 1 aliphatic carbocycles. The van der Waals surface area contributed by atoms with E-state index in [2.05, 4.69) is 24.4 Å². The second-order valence-corrected chi connectivity index (χ2v) is 6.30. The van der Waals surface area contributed by atoms with Crippen LogP contribution in [0.15, 0.2) is 23.8 Å². The van der Waals surface area contributed by atoms with Crippen molar-refractivity contribution in [3.8, 4) is 0 Å². The Morgan fingerprint density at radius 3 is 2.88 bits per heavy atom. The van der Waals surface area contributed by atoms with E-state index in [4.69, 9.17) is 11.6 Å². The topological polar surface area (TPSA) is 12.0 Å². The van der Waals surface area contributed by atoms with Gasteiger partial charge in [0.15, 0.2) is 0 Å². The fourth-order valence-corrected chi connectivity index (χ4v) is 3.49. The fourth-order valence-electron chi connectivity index (χ4n) is 2.31. The summed E-state index contributed by atoms with van der Waals surface area (Å²) in [6, 6.07) is 4.56. The average Bonchev–Trinajstić information content (AvgIpc) is 2.78. The van der Waals surface area contributed by atoms with Gasteiger partial charge in [-0.3, -0.25) is 0 Å². The molecule has 0 aliphatic heterocycles. The van der Waals surface area contributed by atoms with Gasteiger partial charge < -0.3 is 5.32 Å². The number of halogens is 1. The molecule has 1 nitrogen and oxygen atoms in total. The van der Waals surface area contributed by atoms with Gasteiger partial charge in [0.25, 0.3) is 0 Å². The van der Waals surface area contributed by atoms with Crippen LogP contribution >= 0.6 is 22.9 Å². The summed E-state index contributed by atoms with van der Waals surface area (Å²) in [6.07, 6.45) is 8.73. The Bertz CT molecular complexity index is 383. The molecule has 0 fully saturated rings. The van der Waals surface area contributed by atoms with Crippen molar-refractivity contribution < 1.29 is 0 Å². The largest absolute Gasteiger partial charge is 0.306 e. The van der Waals surface area contributed by atoms with Crippen LogP contribution in [0.2, 0.25) is 4.34 Å². The third kappa shape index (κ3) is 3.57. The highest BCUT2D eigenvalue weighted by Gasteiger charge is 2.19. The zero-order valence-electron chi connectivity index (χ0n) is 10.3. The van der Waals surface area contributed by atoms with Gasteiger partial charge >= 0.3 is 0 Å². The van der Waals surface area contributed by atoms with E-state index < -0.39 is 0 Å². The lowest BCUT2D eigenvalue weighted by atomic mass is 9.93. The summed E-state index contributed by atoms with van der Waals surface area (Å²) in [5.74, 6) is 0. The zero-order chi connectivity index (χ0) is 12.1. The minimum atomic E-state index is 0.396. The summed E-state index contributed by atoms with van der Waals surface area (Å²) in [7, 11) is 0. The van der Waals surface area contributed by atoms with Crippen LogP contribution in [0.5, 0.6) is 0 Å². The van der Waals surface area contributed by atoms with Gasteiger partial charge in [-0.15, -0.1) is 11.3 Å². The smallest absolute Gasteiger partial charge is 0.0931 e. The molecule has 0 saturated heterocycles. The summed E-state index contributed by atoms with van der Waals surface area (Å²) in [5, 5.41) is 3.65. The van der Waals surface area contributed by atoms with Gasteiger partial charge in [0.1, 0.15) is 0 Å². The second-order valence-electron chi connectivity index (χ2n) is 4.55. The monoisotopic (exact) mass is 269 g/mol. The first-order valence-electron chi connectivity index (χ1n) is 6.49. The van der Waals surface area contributed by atoms with E-state index in [-0.39, 0.29) is 0 Å². The molecule has 1 aromatic heterocycles. The molecule has 3 heteroatoms. The maximum atomic E-state index is 6.05. The number of hydrogen-bond donors (Lipinski definition) is 1. The second kappa shape index (κ2) is 6.58. The number of nitrogens with one attached hydrogen (secondary N) is 1. The van der Waals surface area contributed by atoms with Gasteiger partial charge in [-0.1, -0.05) is 30.2 Å². The summed E-state index contributed by atoms with van der Waals surface area (Å²) in [6.45, 7) is 3.28. The van der Waals surface area contributed by atoms with Crippen molar-refractivity contribution in [2.24, 2.45) is 0 Å². The van der Waals surface area contributed by atoms with Crippen LogP contribution in [0.25, 0.3) is 0 Å². The molecular formula is C14H20ClNS. The number of allylic oxidation sites excluding steroid dienone is 1. The van der Waals surface area contributed by atoms with Crippen molar-refractivity contribution in [3.05, 3.63) is 33.0 Å². The third-order valence-electron chi connectivity index (χ3n) is 3.17. The van der Waals surface area contributed by atoms with Gasteiger partial charge in [-0.2, -0.15) is 0 Å². The van der Waals surface area contributed by atoms with E-state index in [1.54, 1.807) is 16.9 Å². The molecule has 0 saturated carbocycles. The van der Waals surface area contributed by atoms with Gasteiger partial charge in [0.05, 0.1) is 10.4 Å². The molecule has 1 heterocycles. The highest BCUT2D eigenvalue weighted by Crippen LogP contribution is 2.34. The Morgan fingerprint density at radius 1 is 1.41 bits per heavy atom. The van der Waals surface area contributed by atoms with Crippen LogP contribution in [0, 0.1) is 0 Å². The molecule has 1 N–H and O–H groups in total. The van der Waals surface area contributed by atoms with Gasteiger partial charge in [0.2, 0.25) is 0 Å². The molecule has 0 radical (unpaired) electrons. The summed E-state index contributed by atoms with van der Waals surface area (Å²) < 4.78 is 0.889. The molecule has 94 valence electrons. The lowest BCUT2D eigenvalue weighted by Gasteiger charge is -2.23. The maximum Gasteiger partial charge on any atom is 0.0931 e.